The Bertz CT molecular complexity index is 1120. The Morgan fingerprint density at radius 3 is 2.34 bits per heavy atom. The van der Waals surface area contributed by atoms with Crippen LogP contribution in [0.1, 0.15) is 21.5 Å². The molecule has 3 aromatic carbocycles. The summed E-state index contributed by atoms with van der Waals surface area (Å²) in [5, 5.41) is 2.32. The summed E-state index contributed by atoms with van der Waals surface area (Å²) in [7, 11) is 0. The van der Waals surface area contributed by atoms with Crippen LogP contribution in [0, 0.1) is 5.82 Å². The lowest BCUT2D eigenvalue weighted by Gasteiger charge is -2.13. The number of rotatable bonds is 6. The zero-order valence-corrected chi connectivity index (χ0v) is 17.7. The molecule has 0 fully saturated rings. The van der Waals surface area contributed by atoms with Crippen molar-refractivity contribution in [3.05, 3.63) is 107 Å². The van der Waals surface area contributed by atoms with Gasteiger partial charge in [0.15, 0.2) is 5.11 Å². The van der Waals surface area contributed by atoms with E-state index < -0.39 is 11.8 Å². The average Bonchev–Trinajstić information content (AvgIpc) is 2.81. The van der Waals surface area contributed by atoms with Crippen LogP contribution in [0.5, 0.6) is 5.75 Å². The fourth-order valence-corrected chi connectivity index (χ4v) is 2.78. The number of nitrogens with one attached hydrogen (secondary N) is 3. The van der Waals surface area contributed by atoms with E-state index in [2.05, 4.69) is 16.2 Å². The largest absolute Gasteiger partial charge is 0.488 e. The first-order valence-corrected chi connectivity index (χ1v) is 10.0. The molecule has 0 heterocycles. The van der Waals surface area contributed by atoms with Gasteiger partial charge in [-0.2, -0.15) is 0 Å². The SMILES string of the molecule is O=C(/C=C/c1ccc(F)cc1)NC(=S)NNC(=O)c1ccccc1OCc1ccccc1. The molecule has 0 radical (unpaired) electrons. The molecule has 2 amide bonds. The molecule has 3 aromatic rings. The molecule has 162 valence electrons. The molecule has 0 aromatic heterocycles. The normalized spacial score (nSPS) is 10.4. The smallest absolute Gasteiger partial charge is 0.273 e. The van der Waals surface area contributed by atoms with Gasteiger partial charge < -0.3 is 4.74 Å². The fourth-order valence-electron chi connectivity index (χ4n) is 2.63. The second-order valence-corrected chi connectivity index (χ2v) is 6.96. The molecule has 0 aliphatic heterocycles. The molecular formula is C24H20FN3O3S. The highest BCUT2D eigenvalue weighted by molar-refractivity contribution is 7.80. The van der Waals surface area contributed by atoms with Crippen molar-refractivity contribution in [3.8, 4) is 5.75 Å². The zero-order valence-electron chi connectivity index (χ0n) is 16.9. The Labute approximate surface area is 190 Å². The molecule has 3 rings (SSSR count). The van der Waals surface area contributed by atoms with Crippen molar-refractivity contribution in [2.75, 3.05) is 0 Å². The predicted octanol–water partition coefficient (Wildman–Crippen LogP) is 3.75. The number of para-hydroxylation sites is 1. The van der Waals surface area contributed by atoms with Gasteiger partial charge in [-0.1, -0.05) is 54.6 Å². The second kappa shape index (κ2) is 11.4. The number of ether oxygens (including phenoxy) is 1. The van der Waals surface area contributed by atoms with Crippen LogP contribution in [0.4, 0.5) is 4.39 Å². The number of thiocarbonyl (C=S) groups is 1. The summed E-state index contributed by atoms with van der Waals surface area (Å²) >= 11 is 5.02. The van der Waals surface area contributed by atoms with Crippen molar-refractivity contribution in [2.45, 2.75) is 6.61 Å². The first-order valence-electron chi connectivity index (χ1n) is 9.62. The van der Waals surface area contributed by atoms with E-state index in [0.717, 1.165) is 5.56 Å². The number of hydrogen-bond acceptors (Lipinski definition) is 4. The molecule has 3 N–H and O–H groups in total. The van der Waals surface area contributed by atoms with Gasteiger partial charge in [0.25, 0.3) is 5.91 Å². The van der Waals surface area contributed by atoms with E-state index in [9.17, 15) is 14.0 Å². The molecule has 6 nitrogen and oxygen atoms in total. The van der Waals surface area contributed by atoms with E-state index in [0.29, 0.717) is 23.5 Å². The van der Waals surface area contributed by atoms with Crippen LogP contribution >= 0.6 is 12.2 Å². The number of amides is 2. The van der Waals surface area contributed by atoms with Crippen LogP contribution in [0.15, 0.2) is 84.9 Å². The van der Waals surface area contributed by atoms with Gasteiger partial charge in [0.2, 0.25) is 5.91 Å². The maximum absolute atomic E-state index is 12.9. The van der Waals surface area contributed by atoms with Gasteiger partial charge in [-0.05, 0) is 53.7 Å². The number of hydrazine groups is 1. The number of carbonyl (C=O) groups excluding carboxylic acids is 2. The Morgan fingerprint density at radius 2 is 1.59 bits per heavy atom. The number of benzene rings is 3. The minimum absolute atomic E-state index is 0.0882. The summed E-state index contributed by atoms with van der Waals surface area (Å²) in [6.07, 6.45) is 2.76. The summed E-state index contributed by atoms with van der Waals surface area (Å²) in [5.41, 5.74) is 6.84. The van der Waals surface area contributed by atoms with E-state index in [1.807, 2.05) is 30.3 Å². The van der Waals surface area contributed by atoms with Crippen LogP contribution in [0.25, 0.3) is 6.08 Å². The third-order valence-corrected chi connectivity index (χ3v) is 4.40. The molecule has 0 saturated heterocycles. The molecule has 32 heavy (non-hydrogen) atoms. The maximum atomic E-state index is 12.9. The van der Waals surface area contributed by atoms with Crippen LogP contribution in [0.2, 0.25) is 0 Å². The van der Waals surface area contributed by atoms with Gasteiger partial charge in [-0.3, -0.25) is 25.8 Å². The van der Waals surface area contributed by atoms with E-state index in [-0.39, 0.29) is 10.9 Å². The van der Waals surface area contributed by atoms with Gasteiger partial charge >= 0.3 is 0 Å². The minimum Gasteiger partial charge on any atom is -0.488 e. The summed E-state index contributed by atoms with van der Waals surface area (Å²) in [5.74, 6) is -0.938. The van der Waals surface area contributed by atoms with Gasteiger partial charge in [-0.25, -0.2) is 4.39 Å². The summed E-state index contributed by atoms with van der Waals surface area (Å²) in [6.45, 7) is 0.313. The van der Waals surface area contributed by atoms with E-state index in [1.165, 1.54) is 36.4 Å². The van der Waals surface area contributed by atoms with Crippen LogP contribution in [-0.2, 0) is 11.4 Å². The van der Waals surface area contributed by atoms with E-state index in [1.54, 1.807) is 24.3 Å². The molecule has 8 heteroatoms. The molecule has 0 atom stereocenters. The lowest BCUT2D eigenvalue weighted by atomic mass is 10.2. The van der Waals surface area contributed by atoms with Crippen molar-refractivity contribution in [3.63, 3.8) is 0 Å². The predicted molar refractivity (Wildman–Crippen MR) is 124 cm³/mol. The Balaban J connectivity index is 1.50. The molecule has 0 spiro atoms. The van der Waals surface area contributed by atoms with Gasteiger partial charge in [0, 0.05) is 6.08 Å². The second-order valence-electron chi connectivity index (χ2n) is 6.55. The lowest BCUT2D eigenvalue weighted by molar-refractivity contribution is -0.115. The molecule has 0 saturated carbocycles. The quantitative estimate of drug-likeness (QED) is 0.303. The molecule has 0 aliphatic rings. The van der Waals surface area contributed by atoms with Crippen LogP contribution in [0.3, 0.4) is 0 Å². The molecule has 0 unspecified atom stereocenters. The number of halogens is 1. The van der Waals surface area contributed by atoms with Crippen molar-refractivity contribution >= 4 is 35.2 Å². The van der Waals surface area contributed by atoms with E-state index >= 15 is 0 Å². The summed E-state index contributed by atoms with van der Waals surface area (Å²) in [4.78, 5) is 24.5. The van der Waals surface area contributed by atoms with Crippen LogP contribution in [-0.4, -0.2) is 16.9 Å². The van der Waals surface area contributed by atoms with Crippen molar-refractivity contribution in [1.29, 1.82) is 0 Å². The molecular weight excluding hydrogens is 429 g/mol. The topological polar surface area (TPSA) is 79.5 Å². The first kappa shape index (κ1) is 22.6. The van der Waals surface area contributed by atoms with Crippen molar-refractivity contribution < 1.29 is 18.7 Å². The lowest BCUT2D eigenvalue weighted by Crippen LogP contribution is -2.48. The number of carbonyl (C=O) groups is 2. The Hall–Kier alpha value is -4.04. The number of hydrogen-bond donors (Lipinski definition) is 3. The van der Waals surface area contributed by atoms with Crippen molar-refractivity contribution in [1.82, 2.24) is 16.2 Å². The highest BCUT2D eigenvalue weighted by atomic mass is 32.1. The third kappa shape index (κ3) is 7.03. The molecule has 0 bridgehead atoms. The Morgan fingerprint density at radius 1 is 0.906 bits per heavy atom. The zero-order chi connectivity index (χ0) is 22.8. The third-order valence-electron chi connectivity index (χ3n) is 4.19. The molecule has 0 aliphatic carbocycles. The van der Waals surface area contributed by atoms with E-state index in [4.69, 9.17) is 17.0 Å². The summed E-state index contributed by atoms with van der Waals surface area (Å²) < 4.78 is 18.7. The highest BCUT2D eigenvalue weighted by Crippen LogP contribution is 2.19. The first-order chi connectivity index (χ1) is 15.5. The van der Waals surface area contributed by atoms with Crippen LogP contribution < -0.4 is 20.9 Å². The highest BCUT2D eigenvalue weighted by Gasteiger charge is 2.13. The monoisotopic (exact) mass is 449 g/mol. The van der Waals surface area contributed by atoms with Gasteiger partial charge in [0.1, 0.15) is 18.2 Å². The summed E-state index contributed by atoms with van der Waals surface area (Å²) in [6, 6.07) is 22.0. The average molecular weight is 450 g/mol. The standard InChI is InChI=1S/C24H20FN3O3S/c25-19-13-10-17(11-14-19)12-15-22(29)26-24(32)28-27-23(30)20-8-4-5-9-21(20)31-16-18-6-2-1-3-7-18/h1-15H,16H2,(H,27,30)(H2,26,28,29,32)/b15-12+. The fraction of sp³-hybridized carbons (Fsp3) is 0.0417. The van der Waals surface area contributed by atoms with Gasteiger partial charge in [0.05, 0.1) is 5.56 Å². The Kier molecular flexibility index (Phi) is 8.05. The van der Waals surface area contributed by atoms with Crippen molar-refractivity contribution in [2.24, 2.45) is 0 Å². The maximum Gasteiger partial charge on any atom is 0.273 e. The van der Waals surface area contributed by atoms with Gasteiger partial charge in [-0.15, -0.1) is 0 Å². The minimum atomic E-state index is -0.507.